The smallest absolute Gasteiger partial charge is 0.0886 e. The van der Waals surface area contributed by atoms with Gasteiger partial charge in [0.25, 0.3) is 0 Å². The number of nitrogens with zero attached hydrogens (tertiary/aromatic N) is 2. The summed E-state index contributed by atoms with van der Waals surface area (Å²) in [7, 11) is 0. The summed E-state index contributed by atoms with van der Waals surface area (Å²) in [4.78, 5) is 8.24. The highest BCUT2D eigenvalue weighted by Crippen LogP contribution is 2.04. The molecule has 0 amide bonds. The minimum atomic E-state index is 0.949. The van der Waals surface area contributed by atoms with Gasteiger partial charge >= 0.3 is 0 Å². The quantitative estimate of drug-likeness (QED) is 0.691. The Morgan fingerprint density at radius 2 is 1.19 bits per heavy atom. The van der Waals surface area contributed by atoms with E-state index in [1.807, 2.05) is 24.3 Å². The zero-order valence-corrected chi connectivity index (χ0v) is 10.1. The van der Waals surface area contributed by atoms with Gasteiger partial charge < -0.3 is 11.5 Å². The van der Waals surface area contributed by atoms with E-state index < -0.39 is 0 Å². The van der Waals surface area contributed by atoms with E-state index in [9.17, 15) is 0 Å². The van der Waals surface area contributed by atoms with E-state index in [0.29, 0.717) is 0 Å². The highest BCUT2D eigenvalue weighted by molar-refractivity contribution is 7.79. The highest BCUT2D eigenvalue weighted by atomic mass is 32.1. The molecule has 0 aliphatic heterocycles. The van der Waals surface area contributed by atoms with Crippen molar-refractivity contribution in [1.29, 1.82) is 0 Å². The lowest BCUT2D eigenvalue weighted by atomic mass is 10.3. The molecule has 0 saturated carbocycles. The Bertz CT molecular complexity index is 362. The lowest BCUT2D eigenvalue weighted by Gasteiger charge is -1.90. The van der Waals surface area contributed by atoms with Gasteiger partial charge in [-0.05, 0) is 12.1 Å². The molecule has 0 aliphatic carbocycles. The van der Waals surface area contributed by atoms with Gasteiger partial charge in [-0.15, -0.1) is 0 Å². The molecule has 0 unspecified atom stereocenters. The molecule has 16 heavy (non-hydrogen) atoms. The van der Waals surface area contributed by atoms with Crippen molar-refractivity contribution < 1.29 is 0 Å². The Labute approximate surface area is 105 Å². The van der Waals surface area contributed by atoms with Crippen LogP contribution < -0.4 is 11.5 Å². The van der Waals surface area contributed by atoms with Gasteiger partial charge in [0.2, 0.25) is 0 Å². The van der Waals surface area contributed by atoms with E-state index in [1.54, 1.807) is 12.4 Å². The first kappa shape index (κ1) is 14.3. The van der Waals surface area contributed by atoms with Gasteiger partial charge in [0.05, 0.1) is 22.0 Å². The Balaban J connectivity index is 0.000000321. The summed E-state index contributed by atoms with van der Waals surface area (Å²) >= 11 is 8.09. The molecule has 1 heterocycles. The van der Waals surface area contributed by atoms with E-state index >= 15 is 0 Å². The van der Waals surface area contributed by atoms with Crippen LogP contribution in [-0.2, 0) is 0 Å². The summed E-state index contributed by atoms with van der Waals surface area (Å²) in [6.45, 7) is 0. The molecule has 0 saturated heterocycles. The molecule has 6 heteroatoms. The Hall–Kier alpha value is -1.66. The number of thiocarbonyl (C=S) groups is 2. The average Bonchev–Trinajstić information content (AvgIpc) is 2.31. The third-order valence-corrected chi connectivity index (χ3v) is 1.38. The van der Waals surface area contributed by atoms with Gasteiger partial charge in [0.1, 0.15) is 0 Å². The van der Waals surface area contributed by atoms with Gasteiger partial charge in [-0.3, -0.25) is 9.97 Å². The molecule has 2 aromatic rings. The van der Waals surface area contributed by atoms with Gasteiger partial charge in [0.15, 0.2) is 0 Å². The molecule has 4 nitrogen and oxygen atoms in total. The van der Waals surface area contributed by atoms with Gasteiger partial charge in [0, 0.05) is 12.4 Å². The second kappa shape index (κ2) is 9.88. The van der Waals surface area contributed by atoms with Crippen LogP contribution in [0.4, 0.5) is 0 Å². The molecule has 4 N–H and O–H groups in total. The van der Waals surface area contributed by atoms with Crippen LogP contribution >= 0.6 is 24.4 Å². The lowest BCUT2D eigenvalue weighted by molar-refractivity contribution is 1.29. The molecule has 1 aromatic carbocycles. The summed E-state index contributed by atoms with van der Waals surface area (Å²) in [6, 6.07) is 7.80. The largest absolute Gasteiger partial charge is 0.396 e. The van der Waals surface area contributed by atoms with Crippen molar-refractivity contribution in [2.24, 2.45) is 11.5 Å². The van der Waals surface area contributed by atoms with Crippen LogP contribution in [0.3, 0.4) is 0 Å². The first-order valence-electron chi connectivity index (χ1n) is 4.26. The van der Waals surface area contributed by atoms with Crippen molar-refractivity contribution >= 4 is 46.5 Å². The van der Waals surface area contributed by atoms with Crippen molar-refractivity contribution in [2.45, 2.75) is 0 Å². The molecule has 84 valence electrons. The van der Waals surface area contributed by atoms with E-state index in [4.69, 9.17) is 0 Å². The minimum Gasteiger partial charge on any atom is -0.396 e. The topological polar surface area (TPSA) is 77.8 Å². The molecule has 1 aromatic heterocycles. The standard InChI is InChI=1S/C8H6N2.2CH3NS/c1-2-4-8-7(3-1)9-5-6-10-8;2*2-1-3/h1-6H;2*1H,(H2,2,3). The molecular formula is C10H12N4S2. The molecule has 0 fully saturated rings. The first-order chi connectivity index (χ1) is 7.79. The Morgan fingerprint density at radius 3 is 1.50 bits per heavy atom. The normalized spacial score (nSPS) is 7.75. The van der Waals surface area contributed by atoms with Gasteiger partial charge in [-0.2, -0.15) is 0 Å². The molecule has 0 atom stereocenters. The number of rotatable bonds is 0. The number of fused-ring (bicyclic) bond motifs is 1. The maximum Gasteiger partial charge on any atom is 0.0886 e. The van der Waals surface area contributed by atoms with Crippen LogP contribution in [0.1, 0.15) is 0 Å². The van der Waals surface area contributed by atoms with E-state index in [0.717, 1.165) is 22.0 Å². The fourth-order valence-electron chi connectivity index (χ4n) is 0.910. The summed E-state index contributed by atoms with van der Waals surface area (Å²) in [6.07, 6.45) is 3.39. The molecule has 0 aliphatic rings. The fourth-order valence-corrected chi connectivity index (χ4v) is 0.910. The third kappa shape index (κ3) is 5.94. The predicted molar refractivity (Wildman–Crippen MR) is 75.2 cm³/mol. The molecule has 0 radical (unpaired) electrons. The van der Waals surface area contributed by atoms with E-state index in [1.165, 1.54) is 0 Å². The summed E-state index contributed by atoms with van der Waals surface area (Å²) in [5.74, 6) is 0. The zero-order valence-electron chi connectivity index (χ0n) is 8.48. The summed E-state index contributed by atoms with van der Waals surface area (Å²) in [5.41, 5.74) is 13.1. The second-order valence-electron chi connectivity index (χ2n) is 2.32. The minimum absolute atomic E-state index is 0.949. The maximum atomic E-state index is 4.54. The van der Waals surface area contributed by atoms with Gasteiger partial charge in [-0.1, -0.05) is 36.6 Å². The van der Waals surface area contributed by atoms with Crippen LogP contribution in [0.2, 0.25) is 0 Å². The Morgan fingerprint density at radius 1 is 0.875 bits per heavy atom. The van der Waals surface area contributed by atoms with E-state index in [-0.39, 0.29) is 0 Å². The van der Waals surface area contributed by atoms with Crippen LogP contribution in [0, 0.1) is 0 Å². The van der Waals surface area contributed by atoms with Crippen molar-refractivity contribution in [3.8, 4) is 0 Å². The summed E-state index contributed by atoms with van der Waals surface area (Å²) < 4.78 is 0. The second-order valence-corrected chi connectivity index (χ2v) is 2.86. The number of benzene rings is 1. The monoisotopic (exact) mass is 252 g/mol. The number of para-hydroxylation sites is 2. The molecule has 2 rings (SSSR count). The average molecular weight is 252 g/mol. The van der Waals surface area contributed by atoms with Crippen LogP contribution in [0.25, 0.3) is 11.0 Å². The van der Waals surface area contributed by atoms with Crippen molar-refractivity contribution in [1.82, 2.24) is 9.97 Å². The van der Waals surface area contributed by atoms with Crippen molar-refractivity contribution in [2.75, 3.05) is 0 Å². The molecular weight excluding hydrogens is 240 g/mol. The van der Waals surface area contributed by atoms with Crippen LogP contribution in [0.5, 0.6) is 0 Å². The molecule has 0 bridgehead atoms. The van der Waals surface area contributed by atoms with Crippen molar-refractivity contribution in [3.63, 3.8) is 0 Å². The summed E-state index contributed by atoms with van der Waals surface area (Å²) in [5, 5.41) is 0. The number of hydrogen-bond acceptors (Lipinski definition) is 4. The number of hydrogen-bond donors (Lipinski definition) is 2. The Kier molecular flexibility index (Phi) is 8.85. The fraction of sp³-hybridized carbons (Fsp3) is 0. The van der Waals surface area contributed by atoms with Gasteiger partial charge in [-0.25, -0.2) is 0 Å². The zero-order chi connectivity index (χ0) is 12.2. The van der Waals surface area contributed by atoms with E-state index in [2.05, 4.69) is 45.9 Å². The first-order valence-corrected chi connectivity index (χ1v) is 5.21. The third-order valence-electron chi connectivity index (χ3n) is 1.38. The molecule has 0 spiro atoms. The number of nitrogens with two attached hydrogens (primary N) is 2. The lowest BCUT2D eigenvalue weighted by Crippen LogP contribution is -1.79. The predicted octanol–water partition coefficient (Wildman–Crippen LogP) is 1.43. The van der Waals surface area contributed by atoms with Crippen LogP contribution in [-0.4, -0.2) is 21.0 Å². The highest BCUT2D eigenvalue weighted by Gasteiger charge is 1.88. The van der Waals surface area contributed by atoms with Crippen molar-refractivity contribution in [3.05, 3.63) is 36.7 Å². The van der Waals surface area contributed by atoms with Crippen LogP contribution in [0.15, 0.2) is 36.7 Å². The maximum absolute atomic E-state index is 4.54. The SMILES string of the molecule is NC=S.NC=S.c1ccc2nccnc2c1. The number of aromatic nitrogens is 2.